The maximum atomic E-state index is 12.4. The molecule has 1 aromatic heterocycles. The molecule has 0 spiro atoms. The van der Waals surface area contributed by atoms with Gasteiger partial charge in [-0.3, -0.25) is 5.32 Å². The largest absolute Gasteiger partial charge is 0.495 e. The maximum Gasteiger partial charge on any atom is 0.324 e. The fourth-order valence-corrected chi connectivity index (χ4v) is 4.81. The molecule has 9 nitrogen and oxygen atoms in total. The minimum Gasteiger partial charge on any atom is -0.495 e. The third-order valence-electron chi connectivity index (χ3n) is 4.23. The Labute approximate surface area is 179 Å². The van der Waals surface area contributed by atoms with Crippen molar-refractivity contribution in [2.45, 2.75) is 30.6 Å². The summed E-state index contributed by atoms with van der Waals surface area (Å²) in [6.45, 7) is 3.88. The average Bonchev–Trinajstić information content (AvgIpc) is 3.25. The monoisotopic (exact) mass is 449 g/mol. The number of allylic oxidation sites excluding steroid dienone is 1. The highest BCUT2D eigenvalue weighted by Crippen LogP contribution is 2.26. The molecule has 4 N–H and O–H groups in total. The number of nitrogens with one attached hydrogen (secondary N) is 4. The Bertz CT molecular complexity index is 1080. The Hall–Kier alpha value is -2.89. The summed E-state index contributed by atoms with van der Waals surface area (Å²) in [6.07, 6.45) is 1.64. The van der Waals surface area contributed by atoms with Gasteiger partial charge in [-0.1, -0.05) is 12.1 Å². The van der Waals surface area contributed by atoms with Gasteiger partial charge in [0.25, 0.3) is 0 Å². The molecule has 3 rings (SSSR count). The number of carbonyl (C=O) groups is 1. The molecular formula is C19H23N5O4S2. The summed E-state index contributed by atoms with van der Waals surface area (Å²) >= 11 is 1.15. The van der Waals surface area contributed by atoms with Crippen molar-refractivity contribution in [2.24, 2.45) is 4.99 Å². The van der Waals surface area contributed by atoms with Crippen LogP contribution in [0.25, 0.3) is 0 Å². The topological polar surface area (TPSA) is 121 Å². The second-order valence-electron chi connectivity index (χ2n) is 6.56. The van der Waals surface area contributed by atoms with Crippen LogP contribution < -0.4 is 25.4 Å². The molecule has 11 heteroatoms. The van der Waals surface area contributed by atoms with E-state index >= 15 is 0 Å². The molecule has 0 fully saturated rings. The van der Waals surface area contributed by atoms with Crippen molar-refractivity contribution in [3.63, 3.8) is 0 Å². The quantitative estimate of drug-likeness (QED) is 0.540. The van der Waals surface area contributed by atoms with Gasteiger partial charge in [0.15, 0.2) is 0 Å². The summed E-state index contributed by atoms with van der Waals surface area (Å²) in [5, 5.41) is 10.3. The fourth-order valence-electron chi connectivity index (χ4n) is 2.75. The number of amides is 2. The van der Waals surface area contributed by atoms with Crippen molar-refractivity contribution in [1.82, 2.24) is 15.4 Å². The summed E-state index contributed by atoms with van der Waals surface area (Å²) in [5.74, 6) is 0.905. The van der Waals surface area contributed by atoms with Gasteiger partial charge in [-0.05, 0) is 43.0 Å². The number of hydrogen-bond acceptors (Lipinski definition) is 7. The number of urea groups is 1. The number of hydrogen-bond donors (Lipinski definition) is 4. The van der Waals surface area contributed by atoms with Crippen molar-refractivity contribution in [1.29, 1.82) is 0 Å². The van der Waals surface area contributed by atoms with Crippen LogP contribution >= 0.6 is 11.3 Å². The first kappa shape index (κ1) is 21.8. The van der Waals surface area contributed by atoms with Crippen LogP contribution in [0, 0.1) is 0 Å². The van der Waals surface area contributed by atoms with Gasteiger partial charge < -0.3 is 15.4 Å². The van der Waals surface area contributed by atoms with Crippen molar-refractivity contribution >= 4 is 38.9 Å². The molecule has 0 saturated carbocycles. The van der Waals surface area contributed by atoms with Gasteiger partial charge >= 0.3 is 6.03 Å². The van der Waals surface area contributed by atoms with E-state index in [4.69, 9.17) is 4.74 Å². The number of benzene rings is 1. The van der Waals surface area contributed by atoms with E-state index in [0.29, 0.717) is 22.8 Å². The highest BCUT2D eigenvalue weighted by Gasteiger charge is 2.18. The van der Waals surface area contributed by atoms with Crippen LogP contribution in [-0.2, 0) is 16.6 Å². The number of ether oxygens (including phenoxy) is 1. The van der Waals surface area contributed by atoms with Crippen LogP contribution in [0.3, 0.4) is 0 Å². The second-order valence-corrected chi connectivity index (χ2v) is 9.50. The fraction of sp³-hybridized carbons (Fsp3) is 0.263. The summed E-state index contributed by atoms with van der Waals surface area (Å²) in [5.41, 5.74) is 2.05. The van der Waals surface area contributed by atoms with E-state index in [0.717, 1.165) is 17.0 Å². The van der Waals surface area contributed by atoms with E-state index in [2.05, 4.69) is 25.7 Å². The molecule has 2 aromatic rings. The third-order valence-corrected chi connectivity index (χ3v) is 7.03. The first-order valence-electron chi connectivity index (χ1n) is 9.07. The number of amidine groups is 1. The average molecular weight is 450 g/mol. The van der Waals surface area contributed by atoms with Gasteiger partial charge in [-0.15, -0.1) is 11.3 Å². The molecule has 1 aliphatic rings. The van der Waals surface area contributed by atoms with Crippen LogP contribution in [0.15, 0.2) is 56.8 Å². The van der Waals surface area contributed by atoms with Gasteiger partial charge in [-0.25, -0.2) is 22.9 Å². The van der Waals surface area contributed by atoms with E-state index in [-0.39, 0.29) is 16.8 Å². The first-order valence-corrected chi connectivity index (χ1v) is 11.4. The lowest BCUT2D eigenvalue weighted by Crippen LogP contribution is -2.47. The highest BCUT2D eigenvalue weighted by atomic mass is 32.2. The highest BCUT2D eigenvalue weighted by molar-refractivity contribution is 7.91. The van der Waals surface area contributed by atoms with E-state index in [1.807, 2.05) is 13.8 Å². The molecule has 2 amide bonds. The molecular weight excluding hydrogens is 426 g/mol. The number of thiophene rings is 1. The summed E-state index contributed by atoms with van der Waals surface area (Å²) in [4.78, 5) is 16.6. The predicted molar refractivity (Wildman–Crippen MR) is 117 cm³/mol. The maximum absolute atomic E-state index is 12.4. The molecule has 0 radical (unpaired) electrons. The van der Waals surface area contributed by atoms with Gasteiger partial charge in [0, 0.05) is 18.4 Å². The SMILES string of the molecule is COc1cc(CNS(=O)(=O)c2cccs2)ccc1NC(=O)NC1=NC=C(C)NC1C. The van der Waals surface area contributed by atoms with Crippen LogP contribution in [0.5, 0.6) is 5.75 Å². The lowest BCUT2D eigenvalue weighted by molar-refractivity contribution is 0.255. The Morgan fingerprint density at radius 3 is 2.77 bits per heavy atom. The number of anilines is 1. The van der Waals surface area contributed by atoms with Crippen LogP contribution in [0.2, 0.25) is 0 Å². The molecule has 0 bridgehead atoms. The number of rotatable bonds is 6. The zero-order valence-electron chi connectivity index (χ0n) is 16.7. The molecule has 1 atom stereocenters. The lowest BCUT2D eigenvalue weighted by atomic mass is 10.2. The lowest BCUT2D eigenvalue weighted by Gasteiger charge is -2.22. The number of carbonyl (C=O) groups excluding carboxylic acids is 1. The predicted octanol–water partition coefficient (Wildman–Crippen LogP) is 2.61. The molecule has 1 aliphatic heterocycles. The minimum absolute atomic E-state index is 0.0920. The third kappa shape index (κ3) is 5.38. The Morgan fingerprint density at radius 2 is 2.10 bits per heavy atom. The Balaban J connectivity index is 1.65. The van der Waals surface area contributed by atoms with Gasteiger partial charge in [0.05, 0.1) is 18.8 Å². The van der Waals surface area contributed by atoms with Gasteiger partial charge in [0.1, 0.15) is 15.8 Å². The zero-order valence-corrected chi connectivity index (χ0v) is 18.4. The standard InChI is InChI=1S/C19H23N5O4S2/c1-12-10-20-18(13(2)22-12)24-19(25)23-15-7-6-14(9-16(15)28-3)11-21-30(26,27)17-5-4-8-29-17/h4-10,13,21-22H,11H2,1-3H3,(H2,20,23,24,25). The van der Waals surface area contributed by atoms with E-state index < -0.39 is 16.1 Å². The number of nitrogens with zero attached hydrogens (tertiary/aromatic N) is 1. The van der Waals surface area contributed by atoms with Crippen molar-refractivity contribution in [3.8, 4) is 5.75 Å². The van der Waals surface area contributed by atoms with Crippen LogP contribution in [0.4, 0.5) is 10.5 Å². The molecule has 1 unspecified atom stereocenters. The molecule has 0 aliphatic carbocycles. The molecule has 160 valence electrons. The number of methoxy groups -OCH3 is 1. The Morgan fingerprint density at radius 1 is 1.30 bits per heavy atom. The number of aliphatic imine (C=N–C) groups is 1. The van der Waals surface area contributed by atoms with Crippen molar-refractivity contribution in [2.75, 3.05) is 12.4 Å². The number of sulfonamides is 1. The van der Waals surface area contributed by atoms with Crippen molar-refractivity contribution < 1.29 is 17.9 Å². The smallest absolute Gasteiger partial charge is 0.324 e. The molecule has 2 heterocycles. The molecule has 1 aromatic carbocycles. The van der Waals surface area contributed by atoms with Gasteiger partial charge in [-0.2, -0.15) is 0 Å². The minimum atomic E-state index is -3.57. The summed E-state index contributed by atoms with van der Waals surface area (Å²) in [6, 6.07) is 7.68. The van der Waals surface area contributed by atoms with Crippen molar-refractivity contribution in [3.05, 3.63) is 53.2 Å². The van der Waals surface area contributed by atoms with E-state index in [1.54, 1.807) is 41.9 Å². The Kier molecular flexibility index (Phi) is 6.75. The van der Waals surface area contributed by atoms with Crippen LogP contribution in [0.1, 0.15) is 19.4 Å². The van der Waals surface area contributed by atoms with Crippen LogP contribution in [-0.4, -0.2) is 33.4 Å². The second kappa shape index (κ2) is 9.28. The van der Waals surface area contributed by atoms with E-state index in [9.17, 15) is 13.2 Å². The van der Waals surface area contributed by atoms with E-state index in [1.165, 1.54) is 7.11 Å². The van der Waals surface area contributed by atoms with Gasteiger partial charge in [0.2, 0.25) is 10.0 Å². The summed E-state index contributed by atoms with van der Waals surface area (Å²) in [7, 11) is -2.09. The molecule has 30 heavy (non-hydrogen) atoms. The zero-order chi connectivity index (χ0) is 21.7. The summed E-state index contributed by atoms with van der Waals surface area (Å²) < 4.78 is 32.7. The first-order chi connectivity index (χ1) is 14.3. The molecule has 0 saturated heterocycles. The normalized spacial score (nSPS) is 16.2.